The molecule has 86 valence electrons. The van der Waals surface area contributed by atoms with Crippen LogP contribution in [-0.4, -0.2) is 16.3 Å². The van der Waals surface area contributed by atoms with Gasteiger partial charge < -0.3 is 10.2 Å². The zero-order valence-corrected chi connectivity index (χ0v) is 9.34. The van der Waals surface area contributed by atoms with Crippen LogP contribution in [0.25, 0.3) is 0 Å². The predicted molar refractivity (Wildman–Crippen MR) is 62.1 cm³/mol. The molecule has 0 bridgehead atoms. The fraction of sp³-hybridized carbons (Fsp3) is 0.571. The molecule has 3 rings (SSSR count). The minimum absolute atomic E-state index is 0.263. The molecule has 0 aliphatic heterocycles. The lowest BCUT2D eigenvalue weighted by Gasteiger charge is -2.42. The largest absolute Gasteiger partial charge is 0.390 e. The minimum Gasteiger partial charge on any atom is -0.390 e. The van der Waals surface area contributed by atoms with Crippen LogP contribution in [0, 0.1) is 5.92 Å². The van der Waals surface area contributed by atoms with E-state index in [-0.39, 0.29) is 5.92 Å². The van der Waals surface area contributed by atoms with Crippen LogP contribution in [0.4, 0.5) is 0 Å². The lowest BCUT2D eigenvalue weighted by molar-refractivity contribution is -0.0465. The van der Waals surface area contributed by atoms with E-state index in [1.165, 1.54) is 18.4 Å². The number of hydrogen-bond donors (Lipinski definition) is 2. The summed E-state index contributed by atoms with van der Waals surface area (Å²) in [4.78, 5) is 0. The van der Waals surface area contributed by atoms with E-state index in [1.807, 2.05) is 18.2 Å². The molecule has 1 saturated carbocycles. The van der Waals surface area contributed by atoms with Gasteiger partial charge >= 0.3 is 0 Å². The van der Waals surface area contributed by atoms with Crippen LogP contribution in [0.2, 0.25) is 0 Å². The van der Waals surface area contributed by atoms with Crippen molar-refractivity contribution in [2.75, 3.05) is 0 Å². The maximum Gasteiger partial charge on any atom is 0.105 e. The number of aliphatic hydroxyl groups excluding tert-OH is 2. The first-order valence-electron chi connectivity index (χ1n) is 6.24. The summed E-state index contributed by atoms with van der Waals surface area (Å²) in [6.07, 6.45) is 3.39. The van der Waals surface area contributed by atoms with Crippen molar-refractivity contribution in [3.63, 3.8) is 0 Å². The first-order chi connectivity index (χ1) is 7.79. The van der Waals surface area contributed by atoms with E-state index >= 15 is 0 Å². The lowest BCUT2D eigenvalue weighted by Crippen LogP contribution is -2.39. The number of rotatable bonds is 0. The summed E-state index contributed by atoms with van der Waals surface area (Å²) in [5, 5.41) is 20.3. The van der Waals surface area contributed by atoms with Crippen LogP contribution < -0.4 is 0 Å². The van der Waals surface area contributed by atoms with Gasteiger partial charge in [-0.3, -0.25) is 0 Å². The van der Waals surface area contributed by atoms with E-state index in [9.17, 15) is 10.2 Å². The van der Waals surface area contributed by atoms with Gasteiger partial charge in [0.25, 0.3) is 0 Å². The Labute approximate surface area is 95.9 Å². The molecule has 2 nitrogen and oxygen atoms in total. The summed E-state index contributed by atoms with van der Waals surface area (Å²) in [6, 6.07) is 8.05. The normalized spacial score (nSPS) is 37.6. The highest BCUT2D eigenvalue weighted by Gasteiger charge is 2.41. The molecule has 16 heavy (non-hydrogen) atoms. The average Bonchev–Trinajstić information content (AvgIpc) is 2.36. The second kappa shape index (κ2) is 3.86. The zero-order chi connectivity index (χ0) is 11.1. The van der Waals surface area contributed by atoms with Gasteiger partial charge in [0.2, 0.25) is 0 Å². The summed E-state index contributed by atoms with van der Waals surface area (Å²) in [5.41, 5.74) is 2.21. The molecule has 0 spiro atoms. The van der Waals surface area contributed by atoms with Gasteiger partial charge in [-0.05, 0) is 35.8 Å². The predicted octanol–water partition coefficient (Wildman–Crippen LogP) is 2.37. The topological polar surface area (TPSA) is 40.5 Å². The highest BCUT2D eigenvalue weighted by molar-refractivity contribution is 5.36. The summed E-state index contributed by atoms with van der Waals surface area (Å²) in [7, 11) is 0. The Hall–Kier alpha value is -0.860. The van der Waals surface area contributed by atoms with Crippen LogP contribution in [0.3, 0.4) is 0 Å². The molecule has 0 aromatic heterocycles. The first kappa shape index (κ1) is 10.3. The van der Waals surface area contributed by atoms with Crippen molar-refractivity contribution >= 4 is 0 Å². The fourth-order valence-electron chi connectivity index (χ4n) is 3.49. The van der Waals surface area contributed by atoms with E-state index < -0.39 is 12.2 Å². The van der Waals surface area contributed by atoms with E-state index in [0.29, 0.717) is 5.92 Å². The van der Waals surface area contributed by atoms with E-state index in [1.54, 1.807) is 0 Å². The quantitative estimate of drug-likeness (QED) is 0.702. The van der Waals surface area contributed by atoms with E-state index in [2.05, 4.69) is 6.07 Å². The maximum absolute atomic E-state index is 10.2. The molecule has 1 aromatic rings. The number of fused-ring (bicyclic) bond motifs is 3. The zero-order valence-electron chi connectivity index (χ0n) is 9.34. The van der Waals surface area contributed by atoms with Gasteiger partial charge in [-0.2, -0.15) is 0 Å². The molecule has 4 atom stereocenters. The smallest absolute Gasteiger partial charge is 0.105 e. The van der Waals surface area contributed by atoms with E-state index in [4.69, 9.17) is 0 Å². The van der Waals surface area contributed by atoms with Crippen molar-refractivity contribution in [1.29, 1.82) is 0 Å². The fourth-order valence-corrected chi connectivity index (χ4v) is 3.49. The van der Waals surface area contributed by atoms with Crippen molar-refractivity contribution in [1.82, 2.24) is 0 Å². The molecule has 2 aliphatic rings. The Morgan fingerprint density at radius 2 is 1.62 bits per heavy atom. The van der Waals surface area contributed by atoms with Crippen LogP contribution in [-0.2, 0) is 0 Å². The number of benzene rings is 1. The van der Waals surface area contributed by atoms with E-state index in [0.717, 1.165) is 18.4 Å². The summed E-state index contributed by atoms with van der Waals surface area (Å²) >= 11 is 0. The molecule has 0 heterocycles. The SMILES string of the molecule is O[C@@H]1[C@H]2CCCC[C@@H]2c2ccccc2[C@H]1O. The van der Waals surface area contributed by atoms with Crippen LogP contribution in [0.15, 0.2) is 24.3 Å². The minimum atomic E-state index is -0.685. The molecule has 0 unspecified atom stereocenters. The van der Waals surface area contributed by atoms with Crippen molar-refractivity contribution in [2.45, 2.75) is 43.8 Å². The first-order valence-corrected chi connectivity index (χ1v) is 6.24. The number of hydrogen-bond acceptors (Lipinski definition) is 2. The van der Waals surface area contributed by atoms with Crippen molar-refractivity contribution < 1.29 is 10.2 Å². The highest BCUT2D eigenvalue weighted by atomic mass is 16.3. The standard InChI is InChI=1S/C14H18O2/c15-13-11-7-3-1-5-9(11)10-6-2-4-8-12(10)14(13)16/h1,3,5,7,10,12-16H,2,4,6,8H2/t10-,12+,13-,14-/m1/s1. The molecule has 1 aromatic carbocycles. The summed E-state index contributed by atoms with van der Waals surface area (Å²) < 4.78 is 0. The molecule has 0 saturated heterocycles. The van der Waals surface area contributed by atoms with Gasteiger partial charge in [0.05, 0.1) is 6.10 Å². The Morgan fingerprint density at radius 3 is 2.44 bits per heavy atom. The Balaban J connectivity index is 2.07. The van der Waals surface area contributed by atoms with Crippen molar-refractivity contribution in [3.8, 4) is 0 Å². The molecule has 0 radical (unpaired) electrons. The maximum atomic E-state index is 10.2. The Morgan fingerprint density at radius 1 is 0.938 bits per heavy atom. The van der Waals surface area contributed by atoms with Crippen LogP contribution >= 0.6 is 0 Å². The van der Waals surface area contributed by atoms with Crippen LogP contribution in [0.1, 0.15) is 48.8 Å². The van der Waals surface area contributed by atoms with Gasteiger partial charge in [0.15, 0.2) is 0 Å². The Kier molecular flexibility index (Phi) is 2.49. The summed E-state index contributed by atoms with van der Waals surface area (Å²) in [5.74, 6) is 0.724. The Bertz CT molecular complexity index is 388. The van der Waals surface area contributed by atoms with Crippen LogP contribution in [0.5, 0.6) is 0 Å². The monoisotopic (exact) mass is 218 g/mol. The van der Waals surface area contributed by atoms with Gasteiger partial charge in [-0.15, -0.1) is 0 Å². The third-order valence-corrected chi connectivity index (χ3v) is 4.30. The second-order valence-corrected chi connectivity index (χ2v) is 5.12. The molecular weight excluding hydrogens is 200 g/mol. The van der Waals surface area contributed by atoms with Crippen molar-refractivity contribution in [2.24, 2.45) is 5.92 Å². The third-order valence-electron chi connectivity index (χ3n) is 4.30. The lowest BCUT2D eigenvalue weighted by atomic mass is 9.66. The number of aliphatic hydroxyl groups is 2. The summed E-state index contributed by atoms with van der Waals surface area (Å²) in [6.45, 7) is 0. The molecule has 1 fully saturated rings. The molecule has 2 heteroatoms. The van der Waals surface area contributed by atoms with Gasteiger partial charge in [0.1, 0.15) is 6.10 Å². The molecule has 2 N–H and O–H groups in total. The molecular formula is C14H18O2. The average molecular weight is 218 g/mol. The molecule has 0 amide bonds. The van der Waals surface area contributed by atoms with Gasteiger partial charge in [-0.1, -0.05) is 37.1 Å². The molecule has 2 aliphatic carbocycles. The highest BCUT2D eigenvalue weighted by Crippen LogP contribution is 2.48. The third kappa shape index (κ3) is 1.40. The van der Waals surface area contributed by atoms with Crippen molar-refractivity contribution in [3.05, 3.63) is 35.4 Å². The van der Waals surface area contributed by atoms with Gasteiger partial charge in [-0.25, -0.2) is 0 Å². The second-order valence-electron chi connectivity index (χ2n) is 5.12. The van der Waals surface area contributed by atoms with Gasteiger partial charge in [0, 0.05) is 0 Å².